The molecule has 4 nitrogen and oxygen atoms in total. The van der Waals surface area contributed by atoms with Gasteiger partial charge in [0, 0.05) is 18.8 Å². The number of rotatable bonds is 4. The number of hydrogen-bond acceptors (Lipinski definition) is 3. The van der Waals surface area contributed by atoms with Crippen molar-refractivity contribution in [2.45, 2.75) is 37.8 Å². The van der Waals surface area contributed by atoms with E-state index in [9.17, 15) is 4.79 Å². The molecule has 2 heterocycles. The Labute approximate surface area is 101 Å². The summed E-state index contributed by atoms with van der Waals surface area (Å²) in [6.45, 7) is 0.871. The molecule has 2 fully saturated rings. The number of nitrogens with zero attached hydrogens (tertiary/aromatic N) is 2. The number of likely N-dealkylation sites (tertiary alicyclic amines) is 1. The molecule has 0 aromatic carbocycles. The summed E-state index contributed by atoms with van der Waals surface area (Å²) in [6.07, 6.45) is 7.50. The smallest absolute Gasteiger partial charge is 0.210 e. The number of anilines is 1. The quantitative estimate of drug-likeness (QED) is 0.806. The lowest BCUT2D eigenvalue weighted by atomic mass is 10.1. The van der Waals surface area contributed by atoms with Crippen molar-refractivity contribution in [3.05, 3.63) is 23.9 Å². The van der Waals surface area contributed by atoms with E-state index in [-0.39, 0.29) is 6.04 Å². The van der Waals surface area contributed by atoms with Crippen molar-refractivity contribution in [3.63, 3.8) is 0 Å². The fourth-order valence-electron chi connectivity index (χ4n) is 2.40. The molecule has 0 spiro atoms. The second kappa shape index (κ2) is 4.35. The summed E-state index contributed by atoms with van der Waals surface area (Å²) in [5, 5.41) is 3.36. The predicted molar refractivity (Wildman–Crippen MR) is 65.6 cm³/mol. The largest absolute Gasteiger partial charge is 0.367 e. The highest BCUT2D eigenvalue weighted by Gasteiger charge is 2.25. The summed E-state index contributed by atoms with van der Waals surface area (Å²) in [6, 6.07) is 4.97. The number of nitrogens with one attached hydrogen (secondary N) is 1. The molecule has 1 unspecified atom stereocenters. The molecule has 3 rings (SSSR count). The Kier molecular flexibility index (Phi) is 2.71. The van der Waals surface area contributed by atoms with Crippen LogP contribution >= 0.6 is 0 Å². The van der Waals surface area contributed by atoms with E-state index in [4.69, 9.17) is 0 Å². The molecule has 1 aliphatic heterocycles. The molecule has 1 atom stereocenters. The standard InChI is InChI=1S/C13H17N3O/c17-9-16-7-1-2-12(16)10-3-6-13(14-8-10)15-11-4-5-11/h3,6,8-9,11-12H,1-2,4-5,7H2,(H,14,15). The minimum absolute atomic E-state index is 0.231. The van der Waals surface area contributed by atoms with Gasteiger partial charge in [0.25, 0.3) is 0 Å². The van der Waals surface area contributed by atoms with Crippen molar-refractivity contribution in [3.8, 4) is 0 Å². The van der Waals surface area contributed by atoms with E-state index in [1.54, 1.807) is 0 Å². The van der Waals surface area contributed by atoms with Gasteiger partial charge >= 0.3 is 0 Å². The molecule has 0 bridgehead atoms. The van der Waals surface area contributed by atoms with Crippen LogP contribution in [0.4, 0.5) is 5.82 Å². The molecule has 1 N–H and O–H groups in total. The number of amides is 1. The Morgan fingerprint density at radius 1 is 1.35 bits per heavy atom. The van der Waals surface area contributed by atoms with E-state index in [0.717, 1.165) is 37.2 Å². The van der Waals surface area contributed by atoms with E-state index in [2.05, 4.69) is 16.4 Å². The van der Waals surface area contributed by atoms with Crippen LogP contribution < -0.4 is 5.32 Å². The van der Waals surface area contributed by atoms with Gasteiger partial charge in [-0.05, 0) is 37.3 Å². The van der Waals surface area contributed by atoms with Crippen LogP contribution in [0.5, 0.6) is 0 Å². The van der Waals surface area contributed by atoms with Crippen molar-refractivity contribution in [1.82, 2.24) is 9.88 Å². The minimum atomic E-state index is 0.231. The summed E-state index contributed by atoms with van der Waals surface area (Å²) in [4.78, 5) is 17.2. The molecular formula is C13H17N3O. The Hall–Kier alpha value is -1.58. The van der Waals surface area contributed by atoms with Gasteiger partial charge in [-0.15, -0.1) is 0 Å². The fraction of sp³-hybridized carbons (Fsp3) is 0.538. The molecule has 1 aromatic rings. The van der Waals surface area contributed by atoms with E-state index in [1.165, 1.54) is 12.8 Å². The third-order valence-corrected chi connectivity index (χ3v) is 3.53. The van der Waals surface area contributed by atoms with Crippen LogP contribution in [0, 0.1) is 0 Å². The highest BCUT2D eigenvalue weighted by atomic mass is 16.1. The Bertz CT molecular complexity index is 400. The van der Waals surface area contributed by atoms with Gasteiger partial charge in [-0.1, -0.05) is 6.07 Å². The maximum atomic E-state index is 10.9. The first-order valence-corrected chi connectivity index (χ1v) is 6.30. The summed E-state index contributed by atoms with van der Waals surface area (Å²) >= 11 is 0. The SMILES string of the molecule is O=CN1CCCC1c1ccc(NC2CC2)nc1. The number of carbonyl (C=O) groups is 1. The van der Waals surface area contributed by atoms with E-state index < -0.39 is 0 Å². The average molecular weight is 231 g/mol. The van der Waals surface area contributed by atoms with Crippen LogP contribution in [0.1, 0.15) is 37.3 Å². The molecule has 17 heavy (non-hydrogen) atoms. The van der Waals surface area contributed by atoms with Crippen molar-refractivity contribution in [2.75, 3.05) is 11.9 Å². The molecule has 0 radical (unpaired) electrons. The monoisotopic (exact) mass is 231 g/mol. The number of aromatic nitrogens is 1. The zero-order chi connectivity index (χ0) is 11.7. The second-order valence-corrected chi connectivity index (χ2v) is 4.90. The van der Waals surface area contributed by atoms with Gasteiger partial charge < -0.3 is 10.2 Å². The first-order valence-electron chi connectivity index (χ1n) is 6.30. The van der Waals surface area contributed by atoms with E-state index in [0.29, 0.717) is 6.04 Å². The van der Waals surface area contributed by atoms with Crippen molar-refractivity contribution >= 4 is 12.2 Å². The zero-order valence-electron chi connectivity index (χ0n) is 9.80. The van der Waals surface area contributed by atoms with Crippen LogP contribution in [-0.2, 0) is 4.79 Å². The number of hydrogen-bond donors (Lipinski definition) is 1. The van der Waals surface area contributed by atoms with E-state index in [1.807, 2.05) is 17.2 Å². The third kappa shape index (κ3) is 2.25. The molecule has 1 aliphatic carbocycles. The van der Waals surface area contributed by atoms with Crippen LogP contribution in [0.25, 0.3) is 0 Å². The van der Waals surface area contributed by atoms with E-state index >= 15 is 0 Å². The lowest BCUT2D eigenvalue weighted by Gasteiger charge is -2.20. The molecular weight excluding hydrogens is 214 g/mol. The Morgan fingerprint density at radius 2 is 2.24 bits per heavy atom. The molecule has 2 aliphatic rings. The normalized spacial score (nSPS) is 23.8. The lowest BCUT2D eigenvalue weighted by Crippen LogP contribution is -2.21. The third-order valence-electron chi connectivity index (χ3n) is 3.53. The van der Waals surface area contributed by atoms with Crippen LogP contribution in [0.3, 0.4) is 0 Å². The highest BCUT2D eigenvalue weighted by Crippen LogP contribution is 2.31. The van der Waals surface area contributed by atoms with Crippen LogP contribution in [0.15, 0.2) is 18.3 Å². The molecule has 1 saturated heterocycles. The Balaban J connectivity index is 1.71. The first kappa shape index (κ1) is 10.6. The topological polar surface area (TPSA) is 45.2 Å². The predicted octanol–water partition coefficient (Wildman–Crippen LogP) is 1.95. The maximum absolute atomic E-state index is 10.9. The van der Waals surface area contributed by atoms with Crippen LogP contribution in [-0.4, -0.2) is 28.9 Å². The van der Waals surface area contributed by atoms with Crippen LogP contribution in [0.2, 0.25) is 0 Å². The van der Waals surface area contributed by atoms with Gasteiger partial charge in [-0.2, -0.15) is 0 Å². The van der Waals surface area contributed by atoms with Gasteiger partial charge in [0.2, 0.25) is 6.41 Å². The highest BCUT2D eigenvalue weighted by molar-refractivity contribution is 5.50. The second-order valence-electron chi connectivity index (χ2n) is 4.90. The minimum Gasteiger partial charge on any atom is -0.367 e. The molecule has 4 heteroatoms. The van der Waals surface area contributed by atoms with Crippen molar-refractivity contribution in [1.29, 1.82) is 0 Å². The first-order chi connectivity index (χ1) is 8.36. The molecule has 1 amide bonds. The summed E-state index contributed by atoms with van der Waals surface area (Å²) in [5.74, 6) is 0.951. The van der Waals surface area contributed by atoms with Crippen molar-refractivity contribution < 1.29 is 4.79 Å². The maximum Gasteiger partial charge on any atom is 0.210 e. The van der Waals surface area contributed by atoms with Gasteiger partial charge in [0.15, 0.2) is 0 Å². The van der Waals surface area contributed by atoms with Gasteiger partial charge in [-0.25, -0.2) is 4.98 Å². The van der Waals surface area contributed by atoms with Crippen molar-refractivity contribution in [2.24, 2.45) is 0 Å². The summed E-state index contributed by atoms with van der Waals surface area (Å²) < 4.78 is 0. The van der Waals surface area contributed by atoms with Gasteiger partial charge in [-0.3, -0.25) is 4.79 Å². The average Bonchev–Trinajstić information content (AvgIpc) is 3.05. The molecule has 90 valence electrons. The molecule has 1 aromatic heterocycles. The summed E-state index contributed by atoms with van der Waals surface area (Å²) in [7, 11) is 0. The summed E-state index contributed by atoms with van der Waals surface area (Å²) in [5.41, 5.74) is 1.15. The lowest BCUT2D eigenvalue weighted by molar-refractivity contribution is -0.118. The number of carbonyl (C=O) groups excluding carboxylic acids is 1. The zero-order valence-corrected chi connectivity index (χ0v) is 9.80. The van der Waals surface area contributed by atoms with Gasteiger partial charge in [0.1, 0.15) is 5.82 Å². The number of pyridine rings is 1. The molecule has 1 saturated carbocycles. The Morgan fingerprint density at radius 3 is 2.88 bits per heavy atom. The van der Waals surface area contributed by atoms with Gasteiger partial charge in [0.05, 0.1) is 6.04 Å². The fourth-order valence-corrected chi connectivity index (χ4v) is 2.40.